The number of ether oxygens (including phenoxy) is 2. The van der Waals surface area contributed by atoms with E-state index in [4.69, 9.17) is 21.1 Å². The van der Waals surface area contributed by atoms with Crippen LogP contribution in [0.3, 0.4) is 0 Å². The molecular formula is C17H16ClN3O2. The number of benzene rings is 2. The second-order valence-corrected chi connectivity index (χ2v) is 5.28. The molecule has 3 aromatic rings. The summed E-state index contributed by atoms with van der Waals surface area (Å²) in [6.45, 7) is 1.17. The van der Waals surface area contributed by atoms with Crippen molar-refractivity contribution in [1.29, 1.82) is 0 Å². The summed E-state index contributed by atoms with van der Waals surface area (Å²) in [6, 6.07) is 15.0. The van der Waals surface area contributed by atoms with Gasteiger partial charge in [0.15, 0.2) is 0 Å². The third kappa shape index (κ3) is 4.47. The first-order valence-corrected chi connectivity index (χ1v) is 7.65. The smallest absolute Gasteiger partial charge is 0.138 e. The minimum absolute atomic E-state index is 0.578. The Balaban J connectivity index is 1.44. The van der Waals surface area contributed by atoms with Crippen LogP contribution in [0.15, 0.2) is 61.2 Å². The zero-order valence-electron chi connectivity index (χ0n) is 12.4. The molecule has 23 heavy (non-hydrogen) atoms. The van der Waals surface area contributed by atoms with E-state index in [-0.39, 0.29) is 0 Å². The Morgan fingerprint density at radius 1 is 0.957 bits per heavy atom. The van der Waals surface area contributed by atoms with Crippen molar-refractivity contribution in [2.45, 2.75) is 6.42 Å². The van der Waals surface area contributed by atoms with E-state index < -0.39 is 0 Å². The Kier molecular flexibility index (Phi) is 5.11. The van der Waals surface area contributed by atoms with E-state index in [0.29, 0.717) is 18.2 Å². The van der Waals surface area contributed by atoms with Gasteiger partial charge in [-0.2, -0.15) is 5.10 Å². The molecule has 0 spiro atoms. The average molecular weight is 330 g/mol. The molecule has 1 aromatic heterocycles. The molecule has 3 rings (SSSR count). The molecule has 0 atom stereocenters. The summed E-state index contributed by atoms with van der Waals surface area (Å²) in [5.41, 5.74) is 0.914. The Morgan fingerprint density at radius 3 is 2.48 bits per heavy atom. The molecule has 0 saturated heterocycles. The van der Waals surface area contributed by atoms with Crippen LogP contribution in [0.25, 0.3) is 5.69 Å². The van der Waals surface area contributed by atoms with Crippen LogP contribution in [0, 0.1) is 0 Å². The summed E-state index contributed by atoms with van der Waals surface area (Å²) >= 11 is 5.83. The van der Waals surface area contributed by atoms with Gasteiger partial charge in [0.25, 0.3) is 0 Å². The van der Waals surface area contributed by atoms with Gasteiger partial charge in [0.1, 0.15) is 24.2 Å². The number of hydrogen-bond acceptors (Lipinski definition) is 4. The van der Waals surface area contributed by atoms with Crippen LogP contribution in [-0.4, -0.2) is 28.0 Å². The first-order chi connectivity index (χ1) is 11.3. The molecule has 0 radical (unpaired) electrons. The second kappa shape index (κ2) is 7.65. The van der Waals surface area contributed by atoms with Gasteiger partial charge in [-0.1, -0.05) is 17.7 Å². The van der Waals surface area contributed by atoms with Crippen LogP contribution in [0.2, 0.25) is 5.02 Å². The van der Waals surface area contributed by atoms with Crippen molar-refractivity contribution in [1.82, 2.24) is 14.8 Å². The number of nitrogens with zero attached hydrogens (tertiary/aromatic N) is 3. The zero-order valence-corrected chi connectivity index (χ0v) is 13.2. The van der Waals surface area contributed by atoms with Gasteiger partial charge in [-0.15, -0.1) is 0 Å². The Morgan fingerprint density at radius 2 is 1.74 bits per heavy atom. The molecule has 0 saturated carbocycles. The Bertz CT molecular complexity index is 730. The van der Waals surface area contributed by atoms with Crippen LogP contribution >= 0.6 is 11.6 Å². The Labute approximate surface area is 139 Å². The largest absolute Gasteiger partial charge is 0.493 e. The molecule has 118 valence electrons. The van der Waals surface area contributed by atoms with Gasteiger partial charge in [0.2, 0.25) is 0 Å². The van der Waals surface area contributed by atoms with E-state index in [9.17, 15) is 0 Å². The maximum atomic E-state index is 5.83. The van der Waals surface area contributed by atoms with E-state index in [2.05, 4.69) is 10.1 Å². The summed E-state index contributed by atoms with van der Waals surface area (Å²) in [5, 5.41) is 4.80. The standard InChI is InChI=1S/C17H16ClN3O2/c18-14-5-7-16(8-6-14)22-9-2-10-23-17-4-1-3-15(11-17)21-13-19-12-20-21/h1,3-8,11-13H,2,9-10H2. The monoisotopic (exact) mass is 329 g/mol. The van der Waals surface area contributed by atoms with Crippen molar-refractivity contribution in [2.24, 2.45) is 0 Å². The predicted octanol–water partition coefficient (Wildman–Crippen LogP) is 3.77. The number of halogens is 1. The lowest BCUT2D eigenvalue weighted by Crippen LogP contribution is -2.05. The predicted molar refractivity (Wildman–Crippen MR) is 88.4 cm³/mol. The molecule has 0 N–H and O–H groups in total. The third-order valence-corrected chi connectivity index (χ3v) is 3.39. The van der Waals surface area contributed by atoms with Crippen LogP contribution < -0.4 is 9.47 Å². The minimum Gasteiger partial charge on any atom is -0.493 e. The highest BCUT2D eigenvalue weighted by molar-refractivity contribution is 6.30. The first-order valence-electron chi connectivity index (χ1n) is 7.27. The van der Waals surface area contributed by atoms with Gasteiger partial charge in [-0.25, -0.2) is 9.67 Å². The molecule has 0 amide bonds. The molecule has 0 aliphatic rings. The summed E-state index contributed by atoms with van der Waals surface area (Å²) < 4.78 is 13.1. The zero-order chi connectivity index (χ0) is 15.9. The average Bonchev–Trinajstić information content (AvgIpc) is 3.11. The highest BCUT2D eigenvalue weighted by Gasteiger charge is 2.00. The Hall–Kier alpha value is -2.53. The molecular weight excluding hydrogens is 314 g/mol. The van der Waals surface area contributed by atoms with Crippen LogP contribution in [-0.2, 0) is 0 Å². The van der Waals surface area contributed by atoms with Gasteiger partial charge >= 0.3 is 0 Å². The van der Waals surface area contributed by atoms with E-state index >= 15 is 0 Å². The van der Waals surface area contributed by atoms with Crippen LogP contribution in [0.4, 0.5) is 0 Å². The molecule has 5 nitrogen and oxygen atoms in total. The van der Waals surface area contributed by atoms with Crippen molar-refractivity contribution in [3.8, 4) is 17.2 Å². The number of hydrogen-bond donors (Lipinski definition) is 0. The highest BCUT2D eigenvalue weighted by atomic mass is 35.5. The fourth-order valence-electron chi connectivity index (χ4n) is 2.03. The lowest BCUT2D eigenvalue weighted by molar-refractivity contribution is 0.247. The summed E-state index contributed by atoms with van der Waals surface area (Å²) in [5.74, 6) is 1.60. The quantitative estimate of drug-likeness (QED) is 0.619. The lowest BCUT2D eigenvalue weighted by atomic mass is 10.3. The van der Waals surface area contributed by atoms with Gasteiger partial charge < -0.3 is 9.47 Å². The highest BCUT2D eigenvalue weighted by Crippen LogP contribution is 2.17. The van der Waals surface area contributed by atoms with Gasteiger partial charge in [0, 0.05) is 17.5 Å². The summed E-state index contributed by atoms with van der Waals surface area (Å²) in [7, 11) is 0. The first kappa shape index (κ1) is 15.4. The van der Waals surface area contributed by atoms with Crippen molar-refractivity contribution in [3.05, 3.63) is 66.2 Å². The van der Waals surface area contributed by atoms with Crippen molar-refractivity contribution >= 4 is 11.6 Å². The molecule has 0 bridgehead atoms. The van der Waals surface area contributed by atoms with E-state index in [0.717, 1.165) is 23.6 Å². The van der Waals surface area contributed by atoms with Gasteiger partial charge in [-0.05, 0) is 36.4 Å². The summed E-state index contributed by atoms with van der Waals surface area (Å²) in [4.78, 5) is 3.94. The van der Waals surface area contributed by atoms with Crippen LogP contribution in [0.1, 0.15) is 6.42 Å². The number of rotatable bonds is 7. The second-order valence-electron chi connectivity index (χ2n) is 4.84. The lowest BCUT2D eigenvalue weighted by Gasteiger charge is -2.09. The number of aromatic nitrogens is 3. The van der Waals surface area contributed by atoms with Crippen LogP contribution in [0.5, 0.6) is 11.5 Å². The molecule has 1 heterocycles. The fraction of sp³-hybridized carbons (Fsp3) is 0.176. The maximum Gasteiger partial charge on any atom is 0.138 e. The fourth-order valence-corrected chi connectivity index (χ4v) is 2.15. The SMILES string of the molecule is Clc1ccc(OCCCOc2cccc(-n3cncn3)c2)cc1. The molecule has 0 unspecified atom stereocenters. The molecule has 0 aliphatic heterocycles. The van der Waals surface area contributed by atoms with Crippen molar-refractivity contribution < 1.29 is 9.47 Å². The van der Waals surface area contributed by atoms with E-state index in [1.54, 1.807) is 11.0 Å². The maximum absolute atomic E-state index is 5.83. The molecule has 0 fully saturated rings. The minimum atomic E-state index is 0.578. The van der Waals surface area contributed by atoms with E-state index in [1.807, 2.05) is 48.5 Å². The van der Waals surface area contributed by atoms with Crippen molar-refractivity contribution in [2.75, 3.05) is 13.2 Å². The molecule has 6 heteroatoms. The normalized spacial score (nSPS) is 10.5. The summed E-state index contributed by atoms with van der Waals surface area (Å²) in [6.07, 6.45) is 3.94. The topological polar surface area (TPSA) is 49.2 Å². The third-order valence-electron chi connectivity index (χ3n) is 3.14. The molecule has 2 aromatic carbocycles. The molecule has 0 aliphatic carbocycles. The van der Waals surface area contributed by atoms with Crippen molar-refractivity contribution in [3.63, 3.8) is 0 Å². The van der Waals surface area contributed by atoms with Gasteiger partial charge in [-0.3, -0.25) is 0 Å². The van der Waals surface area contributed by atoms with Gasteiger partial charge in [0.05, 0.1) is 18.9 Å². The van der Waals surface area contributed by atoms with E-state index in [1.165, 1.54) is 6.33 Å².